The third-order valence-corrected chi connectivity index (χ3v) is 5.38. The van der Waals surface area contributed by atoms with Crippen molar-refractivity contribution in [2.45, 2.75) is 25.3 Å². The van der Waals surface area contributed by atoms with E-state index in [1.807, 2.05) is 0 Å². The number of benzene rings is 1. The van der Waals surface area contributed by atoms with Gasteiger partial charge in [-0.05, 0) is 31.0 Å². The molecule has 1 aromatic heterocycles. The van der Waals surface area contributed by atoms with Gasteiger partial charge < -0.3 is 14.6 Å². The van der Waals surface area contributed by atoms with Crippen LogP contribution in [-0.4, -0.2) is 60.0 Å². The lowest BCUT2D eigenvalue weighted by atomic mass is 9.96. The minimum atomic E-state index is -3.60. The minimum Gasteiger partial charge on any atom is -0.465 e. The number of amides is 1. The molecule has 1 aliphatic heterocycles. The molecular formula is C18H21F2N3O5S. The lowest BCUT2D eigenvalue weighted by molar-refractivity contribution is 0.131. The van der Waals surface area contributed by atoms with Gasteiger partial charge in [-0.15, -0.1) is 0 Å². The van der Waals surface area contributed by atoms with Crippen LogP contribution in [0.2, 0.25) is 0 Å². The first kappa shape index (κ1) is 21.2. The van der Waals surface area contributed by atoms with E-state index in [1.165, 1.54) is 11.0 Å². The van der Waals surface area contributed by atoms with Crippen LogP contribution in [0.3, 0.4) is 0 Å². The lowest BCUT2D eigenvalue weighted by Gasteiger charge is -2.29. The van der Waals surface area contributed by atoms with Crippen molar-refractivity contribution in [3.8, 4) is 11.3 Å². The van der Waals surface area contributed by atoms with E-state index < -0.39 is 27.8 Å². The highest BCUT2D eigenvalue weighted by Crippen LogP contribution is 2.30. The molecule has 0 unspecified atom stereocenters. The topological polar surface area (TPSA) is 102 Å². The molecule has 158 valence electrons. The van der Waals surface area contributed by atoms with Crippen LogP contribution < -0.4 is 0 Å². The molecule has 11 heteroatoms. The highest BCUT2D eigenvalue weighted by atomic mass is 32.2. The summed E-state index contributed by atoms with van der Waals surface area (Å²) in [5.74, 6) is -1.38. The molecule has 0 spiro atoms. The summed E-state index contributed by atoms with van der Waals surface area (Å²) in [5.41, 5.74) is 0.801. The van der Waals surface area contributed by atoms with Gasteiger partial charge in [0.2, 0.25) is 0 Å². The summed E-state index contributed by atoms with van der Waals surface area (Å²) in [6, 6.07) is 3.47. The summed E-state index contributed by atoms with van der Waals surface area (Å²) in [5, 5.41) is 9.11. The van der Waals surface area contributed by atoms with Gasteiger partial charge in [-0.1, -0.05) is 0 Å². The Morgan fingerprint density at radius 2 is 1.97 bits per heavy atom. The number of carboxylic acid groups (broad SMARTS) is 1. The average Bonchev–Trinajstić information content (AvgIpc) is 3.07. The van der Waals surface area contributed by atoms with Crippen molar-refractivity contribution < 1.29 is 31.3 Å². The van der Waals surface area contributed by atoms with Gasteiger partial charge in [-0.25, -0.2) is 18.6 Å². The SMILES string of the molecule is CS(=O)(=O)OCCn1cc(-c2ccc(F)c(F)c2)nc1C1CCN(C(=O)O)CC1. The molecule has 1 N–H and O–H groups in total. The number of nitrogens with zero attached hydrogens (tertiary/aromatic N) is 3. The van der Waals surface area contributed by atoms with E-state index in [2.05, 4.69) is 4.98 Å². The minimum absolute atomic E-state index is 0.0529. The van der Waals surface area contributed by atoms with Gasteiger partial charge in [0.05, 0.1) is 18.6 Å². The molecule has 1 amide bonds. The normalized spacial score (nSPS) is 15.6. The fourth-order valence-electron chi connectivity index (χ4n) is 3.35. The maximum Gasteiger partial charge on any atom is 0.407 e. The summed E-state index contributed by atoms with van der Waals surface area (Å²) < 4.78 is 55.8. The van der Waals surface area contributed by atoms with Crippen LogP contribution in [0.5, 0.6) is 0 Å². The number of likely N-dealkylation sites (tertiary alicyclic amines) is 1. The van der Waals surface area contributed by atoms with Crippen LogP contribution in [0.1, 0.15) is 24.6 Å². The second-order valence-electron chi connectivity index (χ2n) is 6.88. The van der Waals surface area contributed by atoms with E-state index in [0.29, 0.717) is 43.0 Å². The number of hydrogen-bond donors (Lipinski definition) is 1. The van der Waals surface area contributed by atoms with Crippen LogP contribution >= 0.6 is 0 Å². The molecule has 2 aromatic rings. The number of halogens is 2. The van der Waals surface area contributed by atoms with Gasteiger partial charge in [0.25, 0.3) is 10.1 Å². The molecule has 0 radical (unpaired) electrons. The molecule has 29 heavy (non-hydrogen) atoms. The van der Waals surface area contributed by atoms with Gasteiger partial charge in [0, 0.05) is 37.3 Å². The Balaban J connectivity index is 1.86. The van der Waals surface area contributed by atoms with Crippen LogP contribution in [0, 0.1) is 11.6 Å². The van der Waals surface area contributed by atoms with E-state index in [1.54, 1.807) is 10.8 Å². The van der Waals surface area contributed by atoms with Crippen molar-refractivity contribution in [2.24, 2.45) is 0 Å². The number of rotatable bonds is 6. The number of piperidine rings is 1. The highest BCUT2D eigenvalue weighted by molar-refractivity contribution is 7.85. The second kappa shape index (κ2) is 8.46. The summed E-state index contributed by atoms with van der Waals surface area (Å²) in [6.45, 7) is 0.798. The van der Waals surface area contributed by atoms with E-state index in [4.69, 9.17) is 9.29 Å². The smallest absolute Gasteiger partial charge is 0.407 e. The predicted molar refractivity (Wildman–Crippen MR) is 99.9 cm³/mol. The maximum absolute atomic E-state index is 13.6. The molecule has 1 aliphatic rings. The Labute approximate surface area is 166 Å². The molecule has 1 saturated heterocycles. The molecule has 2 heterocycles. The summed E-state index contributed by atoms with van der Waals surface area (Å²) in [6.07, 6.45) is 2.71. The van der Waals surface area contributed by atoms with Crippen molar-refractivity contribution in [3.05, 3.63) is 41.9 Å². The molecule has 8 nitrogen and oxygen atoms in total. The number of aromatic nitrogens is 2. The Bertz CT molecular complexity index is 1000. The first-order valence-electron chi connectivity index (χ1n) is 8.99. The zero-order chi connectivity index (χ0) is 21.2. The Kier molecular flexibility index (Phi) is 6.18. The molecule has 0 saturated carbocycles. The maximum atomic E-state index is 13.6. The van der Waals surface area contributed by atoms with Crippen molar-refractivity contribution in [1.82, 2.24) is 14.5 Å². The van der Waals surface area contributed by atoms with E-state index in [0.717, 1.165) is 18.4 Å². The van der Waals surface area contributed by atoms with Crippen LogP contribution in [0.4, 0.5) is 13.6 Å². The molecule has 0 bridgehead atoms. The van der Waals surface area contributed by atoms with Crippen molar-refractivity contribution in [3.63, 3.8) is 0 Å². The van der Waals surface area contributed by atoms with E-state index in [-0.39, 0.29) is 19.1 Å². The standard InChI is InChI=1S/C18H21F2N3O5S/c1-29(26,27)28-9-8-23-11-16(13-2-3-14(19)15(20)10-13)21-17(23)12-4-6-22(7-5-12)18(24)25/h2-3,10-12H,4-9H2,1H3,(H,24,25). The van der Waals surface area contributed by atoms with E-state index in [9.17, 15) is 22.0 Å². The zero-order valence-electron chi connectivity index (χ0n) is 15.7. The fraction of sp³-hybridized carbons (Fsp3) is 0.444. The number of hydrogen-bond acceptors (Lipinski definition) is 5. The monoisotopic (exact) mass is 429 g/mol. The lowest BCUT2D eigenvalue weighted by Crippen LogP contribution is -2.37. The largest absolute Gasteiger partial charge is 0.465 e. The summed E-state index contributed by atoms with van der Waals surface area (Å²) in [7, 11) is -3.60. The Morgan fingerprint density at radius 1 is 1.28 bits per heavy atom. The van der Waals surface area contributed by atoms with Gasteiger partial charge in [-0.2, -0.15) is 8.42 Å². The number of imidazole rings is 1. The van der Waals surface area contributed by atoms with Gasteiger partial charge in [0.15, 0.2) is 11.6 Å². The Morgan fingerprint density at radius 3 is 2.55 bits per heavy atom. The second-order valence-corrected chi connectivity index (χ2v) is 8.52. The van der Waals surface area contributed by atoms with Crippen molar-refractivity contribution >= 4 is 16.2 Å². The molecule has 1 fully saturated rings. The third kappa shape index (κ3) is 5.30. The highest BCUT2D eigenvalue weighted by Gasteiger charge is 2.27. The van der Waals surface area contributed by atoms with Crippen molar-refractivity contribution in [2.75, 3.05) is 26.0 Å². The summed E-state index contributed by atoms with van der Waals surface area (Å²) >= 11 is 0. The third-order valence-electron chi connectivity index (χ3n) is 4.78. The van der Waals surface area contributed by atoms with Gasteiger partial charge in [-0.3, -0.25) is 4.18 Å². The predicted octanol–water partition coefficient (Wildman–Crippen LogP) is 2.66. The molecule has 0 atom stereocenters. The van der Waals surface area contributed by atoms with Gasteiger partial charge in [0.1, 0.15) is 5.82 Å². The molecule has 0 aliphatic carbocycles. The van der Waals surface area contributed by atoms with Crippen molar-refractivity contribution in [1.29, 1.82) is 0 Å². The first-order valence-corrected chi connectivity index (χ1v) is 10.8. The van der Waals surface area contributed by atoms with E-state index >= 15 is 0 Å². The first-order chi connectivity index (χ1) is 13.6. The van der Waals surface area contributed by atoms with Crippen LogP contribution in [0.15, 0.2) is 24.4 Å². The summed E-state index contributed by atoms with van der Waals surface area (Å²) in [4.78, 5) is 17.0. The van der Waals surface area contributed by atoms with Crippen LogP contribution in [-0.2, 0) is 20.8 Å². The molecular weight excluding hydrogens is 408 g/mol. The van der Waals surface area contributed by atoms with Crippen LogP contribution in [0.25, 0.3) is 11.3 Å². The molecule has 3 rings (SSSR count). The zero-order valence-corrected chi connectivity index (χ0v) is 16.5. The molecule has 1 aromatic carbocycles. The fourth-order valence-corrected chi connectivity index (χ4v) is 3.72. The average molecular weight is 429 g/mol. The number of carbonyl (C=O) groups is 1. The van der Waals surface area contributed by atoms with Gasteiger partial charge >= 0.3 is 6.09 Å². The Hall–Kier alpha value is -2.53. The quantitative estimate of drug-likeness (QED) is 0.709.